The van der Waals surface area contributed by atoms with E-state index in [2.05, 4.69) is 35.8 Å². The second kappa shape index (κ2) is 9.21. The van der Waals surface area contributed by atoms with E-state index >= 15 is 0 Å². The second-order valence-electron chi connectivity index (χ2n) is 6.49. The van der Waals surface area contributed by atoms with Crippen LogP contribution >= 0.6 is 0 Å². The highest BCUT2D eigenvalue weighted by molar-refractivity contribution is 5.98. The quantitative estimate of drug-likeness (QED) is 0.320. The molecule has 11 nitrogen and oxygen atoms in total. The van der Waals surface area contributed by atoms with Gasteiger partial charge in [-0.1, -0.05) is 5.21 Å². The Balaban J connectivity index is 1.67. The number of carbonyl (C=O) groups is 1. The molecule has 0 aliphatic heterocycles. The third kappa shape index (κ3) is 4.51. The summed E-state index contributed by atoms with van der Waals surface area (Å²) in [4.78, 5) is 12.8. The summed E-state index contributed by atoms with van der Waals surface area (Å²) >= 11 is 0. The number of aromatic nitrogens is 5. The Bertz CT molecular complexity index is 1320. The zero-order chi connectivity index (χ0) is 23.4. The van der Waals surface area contributed by atoms with Gasteiger partial charge in [-0.2, -0.15) is 9.78 Å². The number of amides is 1. The van der Waals surface area contributed by atoms with E-state index in [4.69, 9.17) is 10.5 Å². The Hall–Kier alpha value is -4.68. The molecular formula is C20H16F2N8O3. The van der Waals surface area contributed by atoms with Crippen LogP contribution in [0.4, 0.5) is 14.6 Å². The van der Waals surface area contributed by atoms with E-state index in [1.165, 1.54) is 10.7 Å². The van der Waals surface area contributed by atoms with Crippen LogP contribution in [0.1, 0.15) is 23.0 Å². The molecule has 33 heavy (non-hydrogen) atoms. The molecule has 0 unspecified atom stereocenters. The third-order valence-electron chi connectivity index (χ3n) is 4.35. The van der Waals surface area contributed by atoms with Gasteiger partial charge in [0.25, 0.3) is 5.91 Å². The van der Waals surface area contributed by atoms with Gasteiger partial charge >= 0.3 is 0 Å². The SMILES string of the molecule is CCOc1ccc(-c2c(C(=O)N/N=C/c3ccc(F)cc3F)nnn2-c2nonc2N)cc1. The van der Waals surface area contributed by atoms with Crippen molar-refractivity contribution in [2.24, 2.45) is 5.10 Å². The van der Waals surface area contributed by atoms with Gasteiger partial charge in [0.05, 0.1) is 12.8 Å². The van der Waals surface area contributed by atoms with E-state index < -0.39 is 17.5 Å². The molecule has 3 N–H and O–H groups in total. The third-order valence-corrected chi connectivity index (χ3v) is 4.35. The minimum absolute atomic E-state index is 0.0199. The average Bonchev–Trinajstić information content (AvgIpc) is 3.42. The fourth-order valence-electron chi connectivity index (χ4n) is 2.88. The molecule has 1 amide bonds. The highest BCUT2D eigenvalue weighted by atomic mass is 19.1. The van der Waals surface area contributed by atoms with Gasteiger partial charge < -0.3 is 10.5 Å². The van der Waals surface area contributed by atoms with Crippen molar-refractivity contribution in [2.45, 2.75) is 6.92 Å². The van der Waals surface area contributed by atoms with Crippen molar-refractivity contribution < 1.29 is 22.9 Å². The van der Waals surface area contributed by atoms with Crippen molar-refractivity contribution in [1.29, 1.82) is 0 Å². The first-order valence-electron chi connectivity index (χ1n) is 9.53. The lowest BCUT2D eigenvalue weighted by molar-refractivity contribution is 0.0950. The first-order valence-corrected chi connectivity index (χ1v) is 9.53. The van der Waals surface area contributed by atoms with Crippen LogP contribution in [0.25, 0.3) is 17.1 Å². The number of nitrogen functional groups attached to an aromatic ring is 1. The van der Waals surface area contributed by atoms with Crippen LogP contribution in [-0.2, 0) is 0 Å². The number of nitrogens with two attached hydrogens (primary N) is 1. The molecule has 0 spiro atoms. The van der Waals surface area contributed by atoms with E-state index in [9.17, 15) is 13.6 Å². The fourth-order valence-corrected chi connectivity index (χ4v) is 2.88. The predicted octanol–water partition coefficient (Wildman–Crippen LogP) is 2.34. The highest BCUT2D eigenvalue weighted by Gasteiger charge is 2.25. The smallest absolute Gasteiger partial charge is 0.294 e. The number of halogens is 2. The Morgan fingerprint density at radius 1 is 1.24 bits per heavy atom. The summed E-state index contributed by atoms with van der Waals surface area (Å²) in [5, 5.41) is 18.8. The van der Waals surface area contributed by atoms with Gasteiger partial charge in [0.1, 0.15) is 23.1 Å². The van der Waals surface area contributed by atoms with Crippen LogP contribution in [0, 0.1) is 11.6 Å². The number of nitrogens with zero attached hydrogens (tertiary/aromatic N) is 6. The van der Waals surface area contributed by atoms with Crippen LogP contribution in [0.3, 0.4) is 0 Å². The fraction of sp³-hybridized carbons (Fsp3) is 0.100. The first-order chi connectivity index (χ1) is 16.0. The lowest BCUT2D eigenvalue weighted by Gasteiger charge is -2.07. The molecule has 2 heterocycles. The molecule has 4 rings (SSSR count). The van der Waals surface area contributed by atoms with Crippen LogP contribution in [0.5, 0.6) is 5.75 Å². The predicted molar refractivity (Wildman–Crippen MR) is 112 cm³/mol. The maximum atomic E-state index is 13.8. The lowest BCUT2D eigenvalue weighted by atomic mass is 10.1. The molecular weight excluding hydrogens is 438 g/mol. The number of hydrazone groups is 1. The molecule has 0 aliphatic rings. The summed E-state index contributed by atoms with van der Waals surface area (Å²) < 4.78 is 38.1. The summed E-state index contributed by atoms with van der Waals surface area (Å²) in [6.45, 7) is 2.34. The highest BCUT2D eigenvalue weighted by Crippen LogP contribution is 2.28. The molecule has 0 saturated heterocycles. The van der Waals surface area contributed by atoms with Crippen molar-refractivity contribution in [1.82, 2.24) is 30.7 Å². The Morgan fingerprint density at radius 2 is 2.03 bits per heavy atom. The molecule has 0 bridgehead atoms. The van der Waals surface area contributed by atoms with E-state index in [0.717, 1.165) is 12.3 Å². The van der Waals surface area contributed by atoms with Crippen LogP contribution in [-0.4, -0.2) is 44.0 Å². The van der Waals surface area contributed by atoms with Crippen molar-refractivity contribution >= 4 is 17.9 Å². The molecule has 0 aliphatic carbocycles. The van der Waals surface area contributed by atoms with Crippen LogP contribution in [0.2, 0.25) is 0 Å². The van der Waals surface area contributed by atoms with Crippen LogP contribution < -0.4 is 15.9 Å². The number of carbonyl (C=O) groups excluding carboxylic acids is 1. The number of benzene rings is 2. The van der Waals surface area contributed by atoms with Gasteiger partial charge in [-0.25, -0.2) is 18.8 Å². The van der Waals surface area contributed by atoms with Gasteiger partial charge in [-0.05, 0) is 53.6 Å². The lowest BCUT2D eigenvalue weighted by Crippen LogP contribution is -2.19. The second-order valence-corrected chi connectivity index (χ2v) is 6.49. The number of ether oxygens (including phenoxy) is 1. The minimum Gasteiger partial charge on any atom is -0.494 e. The minimum atomic E-state index is -0.831. The van der Waals surface area contributed by atoms with Gasteiger partial charge in [0.15, 0.2) is 5.69 Å². The largest absolute Gasteiger partial charge is 0.494 e. The molecule has 0 radical (unpaired) electrons. The van der Waals surface area contributed by atoms with Gasteiger partial charge in [0, 0.05) is 17.2 Å². The summed E-state index contributed by atoms with van der Waals surface area (Å²) in [6, 6.07) is 9.75. The average molecular weight is 454 g/mol. The summed E-state index contributed by atoms with van der Waals surface area (Å²) in [7, 11) is 0. The summed E-state index contributed by atoms with van der Waals surface area (Å²) in [5.41, 5.74) is 8.63. The van der Waals surface area contributed by atoms with E-state index in [-0.39, 0.29) is 28.6 Å². The standard InChI is InChI=1S/C20H16F2N8O3/c1-2-32-14-7-4-11(5-8-14)17-16(25-29-30(17)19-18(23)27-33-28-19)20(31)26-24-10-12-3-6-13(21)9-15(12)22/h3-10H,2H2,1H3,(H2,23,27)(H,26,31)/b24-10+. The molecule has 0 atom stereocenters. The molecule has 2 aromatic heterocycles. The zero-order valence-corrected chi connectivity index (χ0v) is 17.1. The van der Waals surface area contributed by atoms with Crippen molar-refractivity contribution in [3.63, 3.8) is 0 Å². The maximum absolute atomic E-state index is 13.8. The molecule has 0 saturated carbocycles. The van der Waals surface area contributed by atoms with Crippen molar-refractivity contribution in [3.05, 3.63) is 65.4 Å². The normalized spacial score (nSPS) is 11.1. The molecule has 168 valence electrons. The molecule has 13 heteroatoms. The van der Waals surface area contributed by atoms with Crippen LogP contribution in [0.15, 0.2) is 52.2 Å². The van der Waals surface area contributed by atoms with Crippen molar-refractivity contribution in [2.75, 3.05) is 12.3 Å². The Kier molecular flexibility index (Phi) is 6.02. The number of anilines is 1. The topological polar surface area (TPSA) is 146 Å². The van der Waals surface area contributed by atoms with E-state index in [1.54, 1.807) is 24.3 Å². The number of hydrogen-bond acceptors (Lipinski definition) is 9. The van der Waals surface area contributed by atoms with Crippen molar-refractivity contribution in [3.8, 4) is 22.8 Å². The zero-order valence-electron chi connectivity index (χ0n) is 17.1. The maximum Gasteiger partial charge on any atom is 0.294 e. The molecule has 0 fully saturated rings. The van der Waals surface area contributed by atoms with Gasteiger partial charge in [-0.15, -0.1) is 5.10 Å². The summed E-state index contributed by atoms with van der Waals surface area (Å²) in [6.07, 6.45) is 1.03. The summed E-state index contributed by atoms with van der Waals surface area (Å²) in [5.74, 6) is -1.72. The van der Waals surface area contributed by atoms with E-state index in [1.807, 2.05) is 6.92 Å². The monoisotopic (exact) mass is 454 g/mol. The van der Waals surface area contributed by atoms with E-state index in [0.29, 0.717) is 24.0 Å². The van der Waals surface area contributed by atoms with Gasteiger partial charge in [0.2, 0.25) is 11.6 Å². The first kappa shape index (κ1) is 21.5. The number of nitrogens with one attached hydrogen (secondary N) is 1. The Labute approximate surface area is 184 Å². The van der Waals surface area contributed by atoms with Gasteiger partial charge in [-0.3, -0.25) is 4.79 Å². The number of hydrogen-bond donors (Lipinski definition) is 2. The molecule has 4 aromatic rings. The number of rotatable bonds is 7. The Morgan fingerprint density at radius 3 is 2.70 bits per heavy atom. The molecule has 2 aromatic carbocycles.